The van der Waals surface area contributed by atoms with E-state index in [0.29, 0.717) is 0 Å². The van der Waals surface area contributed by atoms with Crippen LogP contribution < -0.4 is 5.32 Å². The highest BCUT2D eigenvalue weighted by Gasteiger charge is 2.00. The van der Waals surface area contributed by atoms with Gasteiger partial charge in [-0.2, -0.15) is 0 Å². The number of hydrogen-bond acceptors (Lipinski definition) is 2. The number of alkyl halides is 1. The summed E-state index contributed by atoms with van der Waals surface area (Å²) in [6.07, 6.45) is 3.33. The van der Waals surface area contributed by atoms with Gasteiger partial charge in [-0.1, -0.05) is 13.3 Å². The molecule has 2 nitrogen and oxygen atoms in total. The zero-order valence-electron chi connectivity index (χ0n) is 8.81. The monoisotopic (exact) mass is 207 g/mol. The molecule has 0 aromatic heterocycles. The van der Waals surface area contributed by atoms with Gasteiger partial charge in [-0.15, -0.1) is 11.6 Å². The van der Waals surface area contributed by atoms with Gasteiger partial charge in [0.1, 0.15) is 0 Å². The molecule has 1 atom stereocenters. The predicted octanol–water partition coefficient (Wildman–Crippen LogP) is 2.41. The van der Waals surface area contributed by atoms with Crippen LogP contribution in [0, 0.1) is 0 Å². The minimum atomic E-state index is 0.289. The van der Waals surface area contributed by atoms with Crippen molar-refractivity contribution in [1.82, 2.24) is 5.32 Å². The summed E-state index contributed by atoms with van der Waals surface area (Å²) in [6.45, 7) is 7.76. The lowest BCUT2D eigenvalue weighted by Crippen LogP contribution is -2.24. The maximum absolute atomic E-state index is 6.03. The van der Waals surface area contributed by atoms with E-state index in [0.717, 1.165) is 45.6 Å². The van der Waals surface area contributed by atoms with E-state index in [4.69, 9.17) is 16.3 Å². The van der Waals surface area contributed by atoms with E-state index in [1.165, 1.54) is 0 Å². The molecule has 0 aliphatic rings. The molecule has 0 saturated heterocycles. The topological polar surface area (TPSA) is 21.3 Å². The second kappa shape index (κ2) is 10.3. The molecule has 0 fully saturated rings. The Hall–Kier alpha value is 0.210. The molecular formula is C10H22ClNO. The molecule has 0 radical (unpaired) electrons. The maximum atomic E-state index is 6.03. The van der Waals surface area contributed by atoms with Crippen LogP contribution >= 0.6 is 11.6 Å². The fourth-order valence-corrected chi connectivity index (χ4v) is 1.44. The summed E-state index contributed by atoms with van der Waals surface area (Å²) in [5.74, 6) is 0. The Morgan fingerprint density at radius 2 is 2.15 bits per heavy atom. The van der Waals surface area contributed by atoms with Gasteiger partial charge in [0.2, 0.25) is 0 Å². The van der Waals surface area contributed by atoms with Gasteiger partial charge in [-0.05, 0) is 26.3 Å². The highest BCUT2D eigenvalue weighted by atomic mass is 35.5. The Morgan fingerprint density at radius 3 is 2.77 bits per heavy atom. The zero-order chi connectivity index (χ0) is 9.94. The molecule has 0 saturated carbocycles. The molecular weight excluding hydrogens is 186 g/mol. The molecule has 0 amide bonds. The van der Waals surface area contributed by atoms with Crippen LogP contribution in [0.25, 0.3) is 0 Å². The summed E-state index contributed by atoms with van der Waals surface area (Å²) in [5.41, 5.74) is 0. The van der Waals surface area contributed by atoms with Crippen molar-refractivity contribution in [3.63, 3.8) is 0 Å². The minimum Gasteiger partial charge on any atom is -0.382 e. The summed E-state index contributed by atoms with van der Waals surface area (Å²) in [6, 6.07) is 0. The number of ether oxygens (including phenoxy) is 1. The van der Waals surface area contributed by atoms with Gasteiger partial charge in [0, 0.05) is 25.1 Å². The van der Waals surface area contributed by atoms with E-state index in [1.54, 1.807) is 0 Å². The first-order chi connectivity index (χ1) is 6.31. The van der Waals surface area contributed by atoms with Crippen molar-refractivity contribution in [2.75, 3.05) is 26.3 Å². The van der Waals surface area contributed by atoms with Crippen molar-refractivity contribution >= 4 is 11.6 Å². The van der Waals surface area contributed by atoms with Gasteiger partial charge in [0.05, 0.1) is 0 Å². The van der Waals surface area contributed by atoms with Crippen LogP contribution in [-0.4, -0.2) is 31.7 Å². The van der Waals surface area contributed by atoms with E-state index in [-0.39, 0.29) is 5.38 Å². The fourth-order valence-electron chi connectivity index (χ4n) is 1.12. The molecule has 0 aromatic rings. The quantitative estimate of drug-likeness (QED) is 0.463. The Labute approximate surface area is 87.0 Å². The summed E-state index contributed by atoms with van der Waals surface area (Å²) in [4.78, 5) is 0. The van der Waals surface area contributed by atoms with Crippen molar-refractivity contribution in [3.05, 3.63) is 0 Å². The second-order valence-corrected chi connectivity index (χ2v) is 3.76. The molecule has 80 valence electrons. The van der Waals surface area contributed by atoms with Gasteiger partial charge >= 0.3 is 0 Å². The standard InChI is InChI=1S/C10H22ClNO/c1-3-6-10(11)9-12-7-5-8-13-4-2/h10,12H,3-9H2,1-2H3. The molecule has 1 unspecified atom stereocenters. The molecule has 1 N–H and O–H groups in total. The SMILES string of the molecule is CCCC(Cl)CNCCCOCC. The second-order valence-electron chi connectivity index (χ2n) is 3.14. The number of halogens is 1. The number of nitrogens with one attached hydrogen (secondary N) is 1. The molecule has 13 heavy (non-hydrogen) atoms. The third-order valence-electron chi connectivity index (χ3n) is 1.81. The zero-order valence-corrected chi connectivity index (χ0v) is 9.57. The lowest BCUT2D eigenvalue weighted by Gasteiger charge is -2.09. The van der Waals surface area contributed by atoms with Gasteiger partial charge < -0.3 is 10.1 Å². The maximum Gasteiger partial charge on any atom is 0.0477 e. The first-order valence-electron chi connectivity index (χ1n) is 5.23. The van der Waals surface area contributed by atoms with Crippen LogP contribution in [0.4, 0.5) is 0 Å². The van der Waals surface area contributed by atoms with Crippen LogP contribution in [0.5, 0.6) is 0 Å². The van der Waals surface area contributed by atoms with Crippen molar-refractivity contribution in [2.24, 2.45) is 0 Å². The highest BCUT2D eigenvalue weighted by Crippen LogP contribution is 2.02. The average Bonchev–Trinajstić information content (AvgIpc) is 2.11. The van der Waals surface area contributed by atoms with Crippen LogP contribution in [-0.2, 0) is 4.74 Å². The normalized spacial score (nSPS) is 13.2. The predicted molar refractivity (Wildman–Crippen MR) is 58.5 cm³/mol. The van der Waals surface area contributed by atoms with Gasteiger partial charge in [-0.3, -0.25) is 0 Å². The van der Waals surface area contributed by atoms with Crippen LogP contribution in [0.2, 0.25) is 0 Å². The first kappa shape index (κ1) is 13.2. The van der Waals surface area contributed by atoms with E-state index in [9.17, 15) is 0 Å². The van der Waals surface area contributed by atoms with Crippen molar-refractivity contribution in [3.8, 4) is 0 Å². The Morgan fingerprint density at radius 1 is 1.38 bits per heavy atom. The third kappa shape index (κ3) is 10.1. The summed E-state index contributed by atoms with van der Waals surface area (Å²) in [7, 11) is 0. The van der Waals surface area contributed by atoms with E-state index < -0.39 is 0 Å². The molecule has 0 bridgehead atoms. The number of rotatable bonds is 9. The Kier molecular flexibility index (Phi) is 10.5. The lowest BCUT2D eigenvalue weighted by molar-refractivity contribution is 0.145. The van der Waals surface area contributed by atoms with Gasteiger partial charge in [0.15, 0.2) is 0 Å². The first-order valence-corrected chi connectivity index (χ1v) is 5.67. The molecule has 0 aliphatic carbocycles. The van der Waals surface area contributed by atoms with E-state index >= 15 is 0 Å². The largest absolute Gasteiger partial charge is 0.382 e. The Bertz CT molecular complexity index is 101. The Balaban J connectivity index is 2.97. The smallest absolute Gasteiger partial charge is 0.0477 e. The van der Waals surface area contributed by atoms with Gasteiger partial charge in [-0.25, -0.2) is 0 Å². The highest BCUT2D eigenvalue weighted by molar-refractivity contribution is 6.20. The minimum absolute atomic E-state index is 0.289. The van der Waals surface area contributed by atoms with Crippen molar-refractivity contribution in [2.45, 2.75) is 38.5 Å². The molecule has 0 aliphatic heterocycles. The van der Waals surface area contributed by atoms with Crippen LogP contribution in [0.15, 0.2) is 0 Å². The lowest BCUT2D eigenvalue weighted by atomic mass is 10.2. The van der Waals surface area contributed by atoms with Crippen LogP contribution in [0.3, 0.4) is 0 Å². The number of hydrogen-bond donors (Lipinski definition) is 1. The molecule has 0 spiro atoms. The molecule has 0 heterocycles. The van der Waals surface area contributed by atoms with E-state index in [1.807, 2.05) is 6.92 Å². The molecule has 0 aromatic carbocycles. The summed E-state index contributed by atoms with van der Waals surface area (Å²) >= 11 is 6.03. The molecule has 3 heteroatoms. The summed E-state index contributed by atoms with van der Waals surface area (Å²) < 4.78 is 5.22. The summed E-state index contributed by atoms with van der Waals surface area (Å²) in [5, 5.41) is 3.61. The van der Waals surface area contributed by atoms with E-state index in [2.05, 4.69) is 12.2 Å². The average molecular weight is 208 g/mol. The fraction of sp³-hybridized carbons (Fsp3) is 1.00. The third-order valence-corrected chi connectivity index (χ3v) is 2.19. The van der Waals surface area contributed by atoms with Crippen LogP contribution in [0.1, 0.15) is 33.1 Å². The van der Waals surface area contributed by atoms with Gasteiger partial charge in [0.25, 0.3) is 0 Å². The van der Waals surface area contributed by atoms with Crippen molar-refractivity contribution in [1.29, 1.82) is 0 Å². The van der Waals surface area contributed by atoms with Crippen molar-refractivity contribution < 1.29 is 4.74 Å². The molecule has 0 rings (SSSR count).